The Bertz CT molecular complexity index is 11200. The summed E-state index contributed by atoms with van der Waals surface area (Å²) >= 11 is 0. The summed E-state index contributed by atoms with van der Waals surface area (Å²) in [4.78, 5) is 32.4. The molecular formula is C138H81N11. The third-order valence-corrected chi connectivity index (χ3v) is 31.4. The lowest BCUT2D eigenvalue weighted by Gasteiger charge is -2.17. The Labute approximate surface area is 853 Å². The van der Waals surface area contributed by atoms with Gasteiger partial charge in [-0.15, -0.1) is 0 Å². The van der Waals surface area contributed by atoms with Crippen LogP contribution in [0, 0.1) is 0 Å². The summed E-state index contributed by atoms with van der Waals surface area (Å²) in [5.41, 5.74) is 41.3. The number of nitrogens with zero attached hydrogens (tertiary/aromatic N) is 11. The Morgan fingerprint density at radius 3 is 0.946 bits per heavy atom. The highest BCUT2D eigenvalue weighted by molar-refractivity contribution is 6.35. The van der Waals surface area contributed by atoms with E-state index in [1.54, 1.807) is 0 Å². The van der Waals surface area contributed by atoms with E-state index in [0.717, 1.165) is 134 Å². The third-order valence-electron chi connectivity index (χ3n) is 31.4. The van der Waals surface area contributed by atoms with Crippen LogP contribution in [-0.4, -0.2) is 52.7 Å². The fourth-order valence-electron chi connectivity index (χ4n) is 25.2. The van der Waals surface area contributed by atoms with Gasteiger partial charge in [0.05, 0.1) is 88.4 Å². The van der Waals surface area contributed by atoms with Gasteiger partial charge in [-0.3, -0.25) is 13.7 Å². The average molecular weight is 1890 g/mol. The Hall–Kier alpha value is -20.1. The molecule has 11 heteroatoms. The lowest BCUT2D eigenvalue weighted by atomic mass is 9.88. The van der Waals surface area contributed by atoms with Crippen LogP contribution in [0.1, 0.15) is 0 Å². The van der Waals surface area contributed by atoms with Crippen molar-refractivity contribution in [3.05, 3.63) is 491 Å². The largest absolute Gasteiger partial charge is 0.309 e. The molecular weight excluding hydrogens is 1810 g/mol. The van der Waals surface area contributed by atoms with E-state index >= 15 is 0 Å². The second-order valence-electron chi connectivity index (χ2n) is 39.2. The van der Waals surface area contributed by atoms with Crippen molar-refractivity contribution in [2.75, 3.05) is 0 Å². The van der Waals surface area contributed by atoms with E-state index in [9.17, 15) is 0 Å². The van der Waals surface area contributed by atoms with Crippen LogP contribution in [0.3, 0.4) is 0 Å². The molecule has 0 saturated carbocycles. The molecule has 149 heavy (non-hydrogen) atoms. The Morgan fingerprint density at radius 1 is 0.141 bits per heavy atom. The smallest absolute Gasteiger partial charge is 0.235 e. The molecule has 0 saturated heterocycles. The van der Waals surface area contributed by atoms with Gasteiger partial charge in [-0.05, 0) is 220 Å². The van der Waals surface area contributed by atoms with E-state index in [0.29, 0.717) is 5.95 Å². The van der Waals surface area contributed by atoms with Gasteiger partial charge in [0.15, 0.2) is 11.6 Å². The number of hydrogen-bond donors (Lipinski definition) is 0. The van der Waals surface area contributed by atoms with Crippen molar-refractivity contribution in [3.8, 4) is 141 Å². The lowest BCUT2D eigenvalue weighted by molar-refractivity contribution is 1.01. The molecule has 0 radical (unpaired) electrons. The summed E-state index contributed by atoms with van der Waals surface area (Å²) < 4.78 is 11.7. The fraction of sp³-hybridized carbons (Fsp3) is 0. The average Bonchev–Trinajstić information content (AvgIpc) is 1.55. The zero-order chi connectivity index (χ0) is 97.3. The Balaban J connectivity index is 0.0000000992. The van der Waals surface area contributed by atoms with Gasteiger partial charge in [-0.1, -0.05) is 376 Å². The summed E-state index contributed by atoms with van der Waals surface area (Å²) in [6.45, 7) is 0. The maximum atomic E-state index is 5.51. The van der Waals surface area contributed by atoms with E-state index in [1.807, 2.05) is 36.4 Å². The van der Waals surface area contributed by atoms with Gasteiger partial charge in [0.25, 0.3) is 0 Å². The van der Waals surface area contributed by atoms with E-state index in [1.165, 1.54) is 175 Å². The van der Waals surface area contributed by atoms with Crippen LogP contribution in [0.25, 0.3) is 315 Å². The van der Waals surface area contributed by atoms with Crippen molar-refractivity contribution < 1.29 is 0 Å². The first-order valence-electron chi connectivity index (χ1n) is 50.9. The molecule has 0 aliphatic heterocycles. The highest BCUT2D eigenvalue weighted by Crippen LogP contribution is 2.57. The van der Waals surface area contributed by atoms with Crippen LogP contribution in [0.5, 0.6) is 0 Å². The van der Waals surface area contributed by atoms with E-state index in [4.69, 9.17) is 29.9 Å². The first-order chi connectivity index (χ1) is 74.0. The Morgan fingerprint density at radius 2 is 0.463 bits per heavy atom. The van der Waals surface area contributed by atoms with Crippen molar-refractivity contribution in [2.45, 2.75) is 0 Å². The fourth-order valence-corrected chi connectivity index (χ4v) is 25.2. The van der Waals surface area contributed by atoms with Crippen molar-refractivity contribution in [3.63, 3.8) is 0 Å². The first-order valence-corrected chi connectivity index (χ1v) is 50.9. The summed E-state index contributed by atoms with van der Waals surface area (Å²) in [6.07, 6.45) is 0. The van der Waals surface area contributed by atoms with Crippen LogP contribution in [0.2, 0.25) is 0 Å². The van der Waals surface area contributed by atoms with Gasteiger partial charge in [0, 0.05) is 92.9 Å². The second-order valence-corrected chi connectivity index (χ2v) is 39.2. The molecule has 23 aromatic carbocycles. The molecule has 0 atom stereocenters. The zero-order valence-electron chi connectivity index (χ0n) is 80.2. The zero-order valence-corrected chi connectivity index (χ0v) is 80.2. The summed E-state index contributed by atoms with van der Waals surface area (Å²) in [5, 5.41) is 21.0. The predicted octanol–water partition coefficient (Wildman–Crippen LogP) is 35.4. The van der Waals surface area contributed by atoms with E-state index in [-0.39, 0.29) is 0 Å². The minimum absolute atomic E-state index is 0.667. The van der Waals surface area contributed by atoms with E-state index in [2.05, 4.69) is 478 Å². The van der Waals surface area contributed by atoms with Gasteiger partial charge in [0.2, 0.25) is 5.95 Å². The molecule has 8 heterocycles. The van der Waals surface area contributed by atoms with Gasteiger partial charge in [-0.2, -0.15) is 0 Å². The molecule has 0 fully saturated rings. The topological polar surface area (TPSA) is 102 Å². The van der Waals surface area contributed by atoms with Crippen LogP contribution in [-0.2, 0) is 0 Å². The number of rotatable bonds is 9. The number of para-hydroxylation sites is 9. The number of aromatic nitrogens is 11. The highest BCUT2D eigenvalue weighted by atomic mass is 15.2. The maximum absolute atomic E-state index is 5.51. The Kier molecular flexibility index (Phi) is 17.8. The monoisotopic (exact) mass is 1890 g/mol. The van der Waals surface area contributed by atoms with Crippen LogP contribution >= 0.6 is 0 Å². The lowest BCUT2D eigenvalue weighted by Crippen LogP contribution is -2.04. The molecule has 34 rings (SSSR count). The molecule has 3 aliphatic rings. The molecule has 11 nitrogen and oxygen atoms in total. The normalized spacial score (nSPS) is 12.2. The van der Waals surface area contributed by atoms with Gasteiger partial charge in [-0.25, -0.2) is 29.9 Å². The molecule has 0 amide bonds. The van der Waals surface area contributed by atoms with Gasteiger partial charge >= 0.3 is 0 Å². The minimum atomic E-state index is 0.667. The number of hydrogen-bond acceptors (Lipinski definition) is 6. The van der Waals surface area contributed by atoms with Crippen LogP contribution in [0.15, 0.2) is 491 Å². The minimum Gasteiger partial charge on any atom is -0.309 e. The molecule has 3 aliphatic carbocycles. The molecule has 8 aromatic heterocycles. The second kappa shape index (κ2) is 32.2. The van der Waals surface area contributed by atoms with Crippen molar-refractivity contribution in [2.24, 2.45) is 0 Å². The molecule has 31 aromatic rings. The predicted molar refractivity (Wildman–Crippen MR) is 618 cm³/mol. The first kappa shape index (κ1) is 82.4. The van der Waals surface area contributed by atoms with Crippen molar-refractivity contribution in [1.82, 2.24) is 52.7 Å². The summed E-state index contributed by atoms with van der Waals surface area (Å²) in [5.74, 6) is 2.33. The van der Waals surface area contributed by atoms with Crippen molar-refractivity contribution in [1.29, 1.82) is 0 Å². The van der Waals surface area contributed by atoms with Crippen LogP contribution < -0.4 is 0 Å². The third kappa shape index (κ3) is 12.2. The van der Waals surface area contributed by atoms with Gasteiger partial charge in [0.1, 0.15) is 11.4 Å². The number of fused-ring (bicyclic) bond motifs is 18. The number of benzene rings is 23. The highest BCUT2D eigenvalue weighted by Gasteiger charge is 2.34. The SMILES string of the molecule is c1ccc(-c2ccc3c4c2-c2ccccc2-c2cccc5ccc(c4c25)n3-c2nc3ccccc3nc2-c2ccccc2)cc1.c1ccc(-n2c3ccccc3c3ccc(-c4nc(-n5c6cccc7c6c6c8c(cccc8ccc65)-c5ccccc5-7)nc5ccccc45)cc32)cc1.c1ccc(-n2c3ccccc3c3ccc(-c4nc5ccccc5nc4-n4c5cccc6c5c5c7c(cccc7ccc54)-c4ccccc4-6)cc32)cc1. The molecule has 688 valence electrons. The quantitative estimate of drug-likeness (QED) is 0.143. The maximum Gasteiger partial charge on any atom is 0.235 e. The summed E-state index contributed by atoms with van der Waals surface area (Å²) in [6, 6.07) is 176. The van der Waals surface area contributed by atoms with E-state index < -0.39 is 0 Å². The molecule has 0 unspecified atom stereocenters. The molecule has 0 bridgehead atoms. The molecule has 0 N–H and O–H groups in total. The standard InChI is InChI=1S/2C48H28N4.C42H25N3/c1-2-13-31(14-3-1)51-40-22-9-6-17-34(40)35-26-24-30(28-43(35)51)47-48(50-39-21-8-7-20-38(39)49-47)52-41-23-11-19-37-33-16-5-4-15-32(33)36-18-10-12-29-25-27-42(52)46(44(29)36)45(37)41;1-2-13-31(14-3-1)51-40-22-9-7-17-34(40)35-26-24-30(28-43(35)51)47-38-18-6-8-21-39(38)49-48(50-47)52-41-23-11-20-37-33-16-5-4-15-32(33)36-19-10-12-29-25-27-42(52)46(44(29)36)45(37)41;1-3-12-26(13-4-1)29-23-25-36-40-38(29)32-18-8-7-17-30(32)31-19-11-16-27-22-24-35(39(40)37(27)31)45(36)42-41(28-14-5-2-6-15-28)43-33-20-9-10-21-34(33)44-42/h2*1-28H;1-25H. The van der Waals surface area contributed by atoms with Crippen molar-refractivity contribution >= 4 is 174 Å². The molecule has 0 spiro atoms. The van der Waals surface area contributed by atoms with Crippen LogP contribution in [0.4, 0.5) is 0 Å². The summed E-state index contributed by atoms with van der Waals surface area (Å²) in [7, 11) is 0. The van der Waals surface area contributed by atoms with Gasteiger partial charge < -0.3 is 9.13 Å².